The van der Waals surface area contributed by atoms with Crippen molar-refractivity contribution in [1.82, 2.24) is 10.2 Å². The molecule has 2 aliphatic rings. The predicted octanol–water partition coefficient (Wildman–Crippen LogP) is 2.33. The van der Waals surface area contributed by atoms with Crippen molar-refractivity contribution in [1.29, 1.82) is 0 Å². The Kier molecular flexibility index (Phi) is 4.40. The molecule has 1 aliphatic carbocycles. The van der Waals surface area contributed by atoms with Crippen molar-refractivity contribution in [2.24, 2.45) is 11.8 Å². The Labute approximate surface area is 122 Å². The van der Waals surface area contributed by atoms with E-state index in [0.29, 0.717) is 18.3 Å². The van der Waals surface area contributed by atoms with Crippen LogP contribution in [0.5, 0.6) is 0 Å². The first kappa shape index (κ1) is 15.3. The van der Waals surface area contributed by atoms with Crippen LogP contribution in [0.25, 0.3) is 0 Å². The summed E-state index contributed by atoms with van der Waals surface area (Å²) in [6, 6.07) is 0.00948. The molecule has 4 heteroatoms. The van der Waals surface area contributed by atoms with Gasteiger partial charge < -0.3 is 10.2 Å². The molecule has 0 bridgehead atoms. The van der Waals surface area contributed by atoms with Crippen LogP contribution in [0.4, 0.5) is 0 Å². The number of carbonyl (C=O) groups excluding carboxylic acids is 2. The van der Waals surface area contributed by atoms with E-state index >= 15 is 0 Å². The molecule has 1 saturated heterocycles. The average Bonchev–Trinajstić information content (AvgIpc) is 3.16. The maximum atomic E-state index is 12.9. The molecule has 1 N–H and O–H groups in total. The molecule has 1 aliphatic heterocycles. The summed E-state index contributed by atoms with van der Waals surface area (Å²) >= 11 is 0. The van der Waals surface area contributed by atoms with Gasteiger partial charge in [0.15, 0.2) is 0 Å². The van der Waals surface area contributed by atoms with Crippen LogP contribution in [0, 0.1) is 11.8 Å². The predicted molar refractivity (Wildman–Crippen MR) is 79.1 cm³/mol. The monoisotopic (exact) mass is 280 g/mol. The maximum absolute atomic E-state index is 12.9. The van der Waals surface area contributed by atoms with Gasteiger partial charge in [0.25, 0.3) is 0 Å². The lowest BCUT2D eigenvalue weighted by molar-refractivity contribution is -0.140. The number of hydrogen-bond acceptors (Lipinski definition) is 2. The van der Waals surface area contributed by atoms with Crippen LogP contribution < -0.4 is 5.32 Å². The zero-order chi connectivity index (χ0) is 14.9. The molecule has 2 atom stereocenters. The van der Waals surface area contributed by atoms with Crippen molar-refractivity contribution in [3.05, 3.63) is 0 Å². The van der Waals surface area contributed by atoms with E-state index in [2.05, 4.69) is 19.2 Å². The molecule has 114 valence electrons. The molecule has 2 amide bonds. The molecule has 2 rings (SSSR count). The molecule has 20 heavy (non-hydrogen) atoms. The van der Waals surface area contributed by atoms with E-state index in [0.717, 1.165) is 32.2 Å². The highest BCUT2D eigenvalue weighted by Crippen LogP contribution is 2.41. The van der Waals surface area contributed by atoms with E-state index in [1.54, 1.807) is 0 Å². The van der Waals surface area contributed by atoms with Crippen molar-refractivity contribution < 1.29 is 9.59 Å². The average molecular weight is 280 g/mol. The molecule has 0 aromatic carbocycles. The lowest BCUT2D eigenvalue weighted by atomic mass is 9.93. The number of nitrogens with zero attached hydrogens (tertiary/aromatic N) is 1. The first-order chi connectivity index (χ1) is 9.34. The second-order valence-electron chi connectivity index (χ2n) is 7.11. The Morgan fingerprint density at radius 2 is 2.00 bits per heavy atom. The lowest BCUT2D eigenvalue weighted by Crippen LogP contribution is -2.57. The van der Waals surface area contributed by atoms with Crippen LogP contribution >= 0.6 is 0 Å². The Balaban J connectivity index is 2.10. The van der Waals surface area contributed by atoms with E-state index < -0.39 is 5.54 Å². The van der Waals surface area contributed by atoms with Gasteiger partial charge in [-0.05, 0) is 51.4 Å². The van der Waals surface area contributed by atoms with Crippen LogP contribution in [-0.2, 0) is 9.59 Å². The first-order valence-corrected chi connectivity index (χ1v) is 7.96. The van der Waals surface area contributed by atoms with E-state index in [4.69, 9.17) is 0 Å². The summed E-state index contributed by atoms with van der Waals surface area (Å²) in [6.07, 6.45) is 4.67. The first-order valence-electron chi connectivity index (χ1n) is 7.96. The number of hydrogen-bond donors (Lipinski definition) is 1. The number of rotatable bonds is 5. The quantitative estimate of drug-likeness (QED) is 0.840. The van der Waals surface area contributed by atoms with Gasteiger partial charge in [0, 0.05) is 19.0 Å². The van der Waals surface area contributed by atoms with E-state index in [1.807, 2.05) is 18.7 Å². The minimum absolute atomic E-state index is 0.00948. The number of nitrogens with one attached hydrogen (secondary N) is 1. The molecule has 4 nitrogen and oxygen atoms in total. The van der Waals surface area contributed by atoms with Crippen molar-refractivity contribution in [3.8, 4) is 0 Å². The van der Waals surface area contributed by atoms with Gasteiger partial charge in [-0.25, -0.2) is 0 Å². The van der Waals surface area contributed by atoms with Crippen LogP contribution in [-0.4, -0.2) is 34.8 Å². The molecule has 1 heterocycles. The summed E-state index contributed by atoms with van der Waals surface area (Å²) in [5.41, 5.74) is -0.667. The smallest absolute Gasteiger partial charge is 0.248 e. The largest absolute Gasteiger partial charge is 0.342 e. The number of amides is 2. The third kappa shape index (κ3) is 3.15. The summed E-state index contributed by atoms with van der Waals surface area (Å²) < 4.78 is 0. The zero-order valence-electron chi connectivity index (χ0n) is 13.2. The minimum Gasteiger partial charge on any atom is -0.342 e. The Hall–Kier alpha value is -1.06. The fourth-order valence-electron chi connectivity index (χ4n) is 3.20. The van der Waals surface area contributed by atoms with Gasteiger partial charge in [0.1, 0.15) is 5.54 Å². The van der Waals surface area contributed by atoms with Gasteiger partial charge in [0.05, 0.1) is 0 Å². The third-order valence-corrected chi connectivity index (χ3v) is 4.69. The minimum atomic E-state index is -0.667. The van der Waals surface area contributed by atoms with Crippen LogP contribution in [0.1, 0.15) is 59.8 Å². The fourth-order valence-corrected chi connectivity index (χ4v) is 3.20. The Bertz CT molecular complexity index is 390. The summed E-state index contributed by atoms with van der Waals surface area (Å²) in [6.45, 7) is 9.08. The third-order valence-electron chi connectivity index (χ3n) is 4.69. The normalized spacial score (nSPS) is 31.4. The van der Waals surface area contributed by atoms with Gasteiger partial charge in [-0.3, -0.25) is 9.59 Å². The Morgan fingerprint density at radius 1 is 1.35 bits per heavy atom. The molecule has 0 aromatic rings. The van der Waals surface area contributed by atoms with E-state index in [9.17, 15) is 9.59 Å². The lowest BCUT2D eigenvalue weighted by Gasteiger charge is -2.34. The molecular formula is C16H28N2O2. The molecule has 0 spiro atoms. The van der Waals surface area contributed by atoms with Gasteiger partial charge in [0.2, 0.25) is 11.8 Å². The van der Waals surface area contributed by atoms with Crippen molar-refractivity contribution in [2.75, 3.05) is 6.54 Å². The molecule has 0 aromatic heterocycles. The standard InChI is InChI=1S/C16H28N2O2/c1-11(2)6-5-9-18-12(3)10-14(19)17-16(4,15(18)20)13-7-8-13/h11-13H,5-10H2,1-4H3,(H,17,19). The zero-order valence-corrected chi connectivity index (χ0v) is 13.2. The van der Waals surface area contributed by atoms with Gasteiger partial charge in [-0.1, -0.05) is 13.8 Å². The van der Waals surface area contributed by atoms with Gasteiger partial charge in [-0.15, -0.1) is 0 Å². The van der Waals surface area contributed by atoms with Gasteiger partial charge in [-0.2, -0.15) is 0 Å². The van der Waals surface area contributed by atoms with E-state index in [1.165, 1.54) is 0 Å². The highest BCUT2D eigenvalue weighted by molar-refractivity contribution is 5.94. The summed E-state index contributed by atoms with van der Waals surface area (Å²) in [4.78, 5) is 26.9. The maximum Gasteiger partial charge on any atom is 0.248 e. The molecule has 0 radical (unpaired) electrons. The molecule has 2 unspecified atom stereocenters. The van der Waals surface area contributed by atoms with Crippen LogP contribution in [0.2, 0.25) is 0 Å². The summed E-state index contributed by atoms with van der Waals surface area (Å²) in [7, 11) is 0. The van der Waals surface area contributed by atoms with E-state index in [-0.39, 0.29) is 17.9 Å². The fraction of sp³-hybridized carbons (Fsp3) is 0.875. The SMILES string of the molecule is CC(C)CCCN1C(=O)C(C)(C2CC2)NC(=O)CC1C. The molecule has 2 fully saturated rings. The summed E-state index contributed by atoms with van der Waals surface area (Å²) in [5, 5.41) is 3.00. The van der Waals surface area contributed by atoms with Crippen LogP contribution in [0.15, 0.2) is 0 Å². The van der Waals surface area contributed by atoms with Gasteiger partial charge >= 0.3 is 0 Å². The van der Waals surface area contributed by atoms with Crippen LogP contribution in [0.3, 0.4) is 0 Å². The van der Waals surface area contributed by atoms with Crippen molar-refractivity contribution >= 4 is 11.8 Å². The molecule has 1 saturated carbocycles. The highest BCUT2D eigenvalue weighted by atomic mass is 16.2. The summed E-state index contributed by atoms with van der Waals surface area (Å²) in [5.74, 6) is 1.13. The molecular weight excluding hydrogens is 252 g/mol. The second kappa shape index (κ2) is 5.74. The number of carbonyl (C=O) groups is 2. The van der Waals surface area contributed by atoms with Crippen molar-refractivity contribution in [2.45, 2.75) is 71.4 Å². The van der Waals surface area contributed by atoms with Crippen molar-refractivity contribution in [3.63, 3.8) is 0 Å². The highest BCUT2D eigenvalue weighted by Gasteiger charge is 2.52. The second-order valence-corrected chi connectivity index (χ2v) is 7.11. The topological polar surface area (TPSA) is 49.4 Å². The Morgan fingerprint density at radius 3 is 2.55 bits per heavy atom.